The van der Waals surface area contributed by atoms with Crippen LogP contribution in [0.3, 0.4) is 0 Å². The summed E-state index contributed by atoms with van der Waals surface area (Å²) in [7, 11) is 0. The zero-order valence-corrected chi connectivity index (χ0v) is 10.0. The van der Waals surface area contributed by atoms with Crippen molar-refractivity contribution in [3.05, 3.63) is 36.4 Å². The minimum Gasteiger partial charge on any atom is -0.488 e. The van der Waals surface area contributed by atoms with E-state index in [1.54, 1.807) is 0 Å². The molecule has 0 aromatic heterocycles. The molecule has 3 heteroatoms. The van der Waals surface area contributed by atoms with Crippen LogP contribution in [0.1, 0.15) is 18.4 Å². The average Bonchev–Trinajstić information content (AvgIpc) is 3.12. The third-order valence-corrected chi connectivity index (χ3v) is 2.58. The smallest absolute Gasteiger partial charge is 0.161 e. The molecule has 1 aliphatic carbocycles. The normalized spacial score (nSPS) is 14.4. The molecule has 17 heavy (non-hydrogen) atoms. The van der Waals surface area contributed by atoms with Crippen molar-refractivity contribution in [3.8, 4) is 11.5 Å². The van der Waals surface area contributed by atoms with Crippen molar-refractivity contribution in [1.29, 1.82) is 0 Å². The van der Waals surface area contributed by atoms with E-state index in [-0.39, 0.29) is 0 Å². The Balaban J connectivity index is 2.13. The summed E-state index contributed by atoms with van der Waals surface area (Å²) in [6.45, 7) is 4.77. The summed E-state index contributed by atoms with van der Waals surface area (Å²) in [6.07, 6.45) is 5.38. The maximum absolute atomic E-state index is 5.84. The maximum atomic E-state index is 5.84. The first-order valence-corrected chi connectivity index (χ1v) is 6.07. The molecule has 1 aromatic carbocycles. The summed E-state index contributed by atoms with van der Waals surface area (Å²) in [5.41, 5.74) is 6.63. The van der Waals surface area contributed by atoms with Gasteiger partial charge >= 0.3 is 0 Å². The van der Waals surface area contributed by atoms with E-state index in [1.165, 1.54) is 5.56 Å². The van der Waals surface area contributed by atoms with Gasteiger partial charge in [0, 0.05) is 6.54 Å². The molecule has 92 valence electrons. The van der Waals surface area contributed by atoms with Gasteiger partial charge in [0.1, 0.15) is 6.61 Å². The van der Waals surface area contributed by atoms with Gasteiger partial charge in [-0.2, -0.15) is 0 Å². The number of rotatable bonds is 7. The molecule has 1 fully saturated rings. The number of hydrogen-bond acceptors (Lipinski definition) is 3. The van der Waals surface area contributed by atoms with Gasteiger partial charge in [-0.25, -0.2) is 0 Å². The van der Waals surface area contributed by atoms with Crippen molar-refractivity contribution in [1.82, 2.24) is 0 Å². The van der Waals surface area contributed by atoms with Gasteiger partial charge in [-0.1, -0.05) is 12.1 Å². The quantitative estimate of drug-likeness (QED) is 0.735. The lowest BCUT2D eigenvalue weighted by Gasteiger charge is -2.13. The summed E-state index contributed by atoms with van der Waals surface area (Å²) in [6, 6.07) is 6.02. The predicted octanol–water partition coefficient (Wildman–Crippen LogP) is 2.29. The van der Waals surface area contributed by atoms with E-state index in [9.17, 15) is 0 Å². The molecule has 0 bridgehead atoms. The fourth-order valence-corrected chi connectivity index (χ4v) is 1.59. The number of benzene rings is 1. The number of ether oxygens (including phenoxy) is 2. The Hall–Kier alpha value is -1.48. The summed E-state index contributed by atoms with van der Waals surface area (Å²) < 4.78 is 11.4. The highest BCUT2D eigenvalue weighted by Gasteiger charge is 2.25. The van der Waals surface area contributed by atoms with Gasteiger partial charge in [-0.05, 0) is 37.0 Å². The van der Waals surface area contributed by atoms with Crippen LogP contribution in [0.5, 0.6) is 11.5 Å². The molecular weight excluding hydrogens is 214 g/mol. The molecule has 1 aromatic rings. The predicted molar refractivity (Wildman–Crippen MR) is 68.5 cm³/mol. The molecule has 0 saturated heterocycles. The molecule has 2 N–H and O–H groups in total. The first-order valence-electron chi connectivity index (χ1n) is 6.07. The van der Waals surface area contributed by atoms with Crippen molar-refractivity contribution in [3.63, 3.8) is 0 Å². The van der Waals surface area contributed by atoms with E-state index in [0.717, 1.165) is 30.8 Å². The Bertz CT molecular complexity index is 386. The van der Waals surface area contributed by atoms with E-state index in [0.29, 0.717) is 19.3 Å². The van der Waals surface area contributed by atoms with Gasteiger partial charge in [0.15, 0.2) is 11.5 Å². The SMILES string of the molecule is C=CCc1ccc(OCCN)c(OC2CC2)c1. The highest BCUT2D eigenvalue weighted by Crippen LogP contribution is 2.34. The van der Waals surface area contributed by atoms with Gasteiger partial charge in [-0.3, -0.25) is 0 Å². The van der Waals surface area contributed by atoms with Gasteiger partial charge in [0.2, 0.25) is 0 Å². The molecule has 2 rings (SSSR count). The summed E-state index contributed by atoms with van der Waals surface area (Å²) in [5.74, 6) is 1.62. The lowest BCUT2D eigenvalue weighted by atomic mass is 10.1. The minimum atomic E-state index is 0.370. The third-order valence-electron chi connectivity index (χ3n) is 2.58. The molecular formula is C14H19NO2. The van der Waals surface area contributed by atoms with Gasteiger partial charge in [0.25, 0.3) is 0 Å². The lowest BCUT2D eigenvalue weighted by Crippen LogP contribution is -2.11. The Morgan fingerprint density at radius 1 is 1.35 bits per heavy atom. The Morgan fingerprint density at radius 2 is 2.18 bits per heavy atom. The molecule has 0 aliphatic heterocycles. The topological polar surface area (TPSA) is 44.5 Å². The first-order chi connectivity index (χ1) is 8.33. The van der Waals surface area contributed by atoms with E-state index in [1.807, 2.05) is 24.3 Å². The molecule has 0 spiro atoms. The van der Waals surface area contributed by atoms with E-state index < -0.39 is 0 Å². The largest absolute Gasteiger partial charge is 0.488 e. The van der Waals surface area contributed by atoms with Crippen LogP contribution >= 0.6 is 0 Å². The fraction of sp³-hybridized carbons (Fsp3) is 0.429. The maximum Gasteiger partial charge on any atom is 0.161 e. The first kappa shape index (κ1) is 12.0. The average molecular weight is 233 g/mol. The zero-order valence-electron chi connectivity index (χ0n) is 10.0. The molecule has 0 unspecified atom stereocenters. The molecule has 0 radical (unpaired) electrons. The minimum absolute atomic E-state index is 0.370. The van der Waals surface area contributed by atoms with Crippen molar-refractivity contribution in [2.45, 2.75) is 25.4 Å². The number of hydrogen-bond donors (Lipinski definition) is 1. The van der Waals surface area contributed by atoms with Crippen LogP contribution in [-0.4, -0.2) is 19.3 Å². The van der Waals surface area contributed by atoms with Gasteiger partial charge < -0.3 is 15.2 Å². The summed E-state index contributed by atoms with van der Waals surface area (Å²) >= 11 is 0. The van der Waals surface area contributed by atoms with E-state index >= 15 is 0 Å². The molecule has 0 amide bonds. The Labute approximate surface area is 102 Å². The highest BCUT2D eigenvalue weighted by molar-refractivity contribution is 5.43. The fourth-order valence-electron chi connectivity index (χ4n) is 1.59. The second kappa shape index (κ2) is 5.73. The number of nitrogens with two attached hydrogens (primary N) is 1. The Kier molecular flexibility index (Phi) is 4.04. The summed E-state index contributed by atoms with van der Waals surface area (Å²) in [4.78, 5) is 0. The van der Waals surface area contributed by atoms with Crippen LogP contribution in [0.2, 0.25) is 0 Å². The van der Waals surface area contributed by atoms with Crippen molar-refractivity contribution < 1.29 is 9.47 Å². The second-order valence-electron chi connectivity index (χ2n) is 4.23. The standard InChI is InChI=1S/C14H19NO2/c1-2-3-11-4-7-13(16-9-8-15)14(10-11)17-12-5-6-12/h2,4,7,10,12H,1,3,5-6,8-9,15H2. The summed E-state index contributed by atoms with van der Waals surface area (Å²) in [5, 5.41) is 0. The van der Waals surface area contributed by atoms with E-state index in [2.05, 4.69) is 6.58 Å². The highest BCUT2D eigenvalue weighted by atomic mass is 16.5. The molecule has 3 nitrogen and oxygen atoms in total. The van der Waals surface area contributed by atoms with E-state index in [4.69, 9.17) is 15.2 Å². The van der Waals surface area contributed by atoms with Crippen LogP contribution in [0, 0.1) is 0 Å². The van der Waals surface area contributed by atoms with Gasteiger partial charge in [-0.15, -0.1) is 6.58 Å². The van der Waals surface area contributed by atoms with Crippen LogP contribution in [0.4, 0.5) is 0 Å². The third kappa shape index (κ3) is 3.49. The lowest BCUT2D eigenvalue weighted by molar-refractivity contribution is 0.264. The van der Waals surface area contributed by atoms with Gasteiger partial charge in [0.05, 0.1) is 6.10 Å². The Morgan fingerprint density at radius 3 is 2.82 bits per heavy atom. The molecule has 0 heterocycles. The number of allylic oxidation sites excluding steroid dienone is 1. The second-order valence-corrected chi connectivity index (χ2v) is 4.23. The zero-order chi connectivity index (χ0) is 12.1. The molecule has 1 saturated carbocycles. The monoisotopic (exact) mass is 233 g/mol. The van der Waals surface area contributed by atoms with Crippen LogP contribution in [0.15, 0.2) is 30.9 Å². The molecule has 0 atom stereocenters. The van der Waals surface area contributed by atoms with Crippen LogP contribution < -0.4 is 15.2 Å². The van der Waals surface area contributed by atoms with Crippen molar-refractivity contribution in [2.75, 3.05) is 13.2 Å². The van der Waals surface area contributed by atoms with Crippen LogP contribution in [0.25, 0.3) is 0 Å². The van der Waals surface area contributed by atoms with Crippen molar-refractivity contribution in [2.24, 2.45) is 5.73 Å². The van der Waals surface area contributed by atoms with Crippen LogP contribution in [-0.2, 0) is 6.42 Å². The van der Waals surface area contributed by atoms with Crippen molar-refractivity contribution >= 4 is 0 Å². The molecule has 1 aliphatic rings.